The highest BCUT2D eigenvalue weighted by molar-refractivity contribution is 7.20. The Morgan fingerprint density at radius 2 is 1.88 bits per heavy atom. The Bertz CT molecular complexity index is 749. The van der Waals surface area contributed by atoms with Crippen LogP contribution in [0.5, 0.6) is 0 Å². The van der Waals surface area contributed by atoms with Crippen molar-refractivity contribution in [1.29, 1.82) is 0 Å². The number of carbonyl (C=O) groups is 1. The molecular weight excluding hydrogens is 375 g/mol. The van der Waals surface area contributed by atoms with Crippen LogP contribution in [-0.2, 0) is 6.18 Å². The van der Waals surface area contributed by atoms with Crippen molar-refractivity contribution in [3.8, 4) is 0 Å². The number of nitrogens with one attached hydrogen (secondary N) is 1. The van der Waals surface area contributed by atoms with Gasteiger partial charge in [-0.3, -0.25) is 4.79 Å². The summed E-state index contributed by atoms with van der Waals surface area (Å²) >= 11 is 0.970. The minimum Gasteiger partial charge on any atom is -0.345 e. The molecule has 0 spiro atoms. The number of pyridine rings is 1. The molecule has 0 aliphatic carbocycles. The molecule has 1 amide bonds. The van der Waals surface area contributed by atoms with Crippen LogP contribution in [0.3, 0.4) is 0 Å². The molecule has 25 heavy (non-hydrogen) atoms. The van der Waals surface area contributed by atoms with Crippen molar-refractivity contribution in [2.24, 2.45) is 5.73 Å². The van der Waals surface area contributed by atoms with E-state index < -0.39 is 17.4 Å². The number of nitrogens with two attached hydrogens (primary N) is 1. The maximum Gasteiger partial charge on any atom is 0.433 e. The van der Waals surface area contributed by atoms with Crippen LogP contribution in [0.4, 0.5) is 13.2 Å². The first-order valence-electron chi connectivity index (χ1n) is 7.67. The lowest BCUT2D eigenvalue weighted by atomic mass is 9.93. The number of aryl methyl sites for hydroxylation is 1. The minimum absolute atomic E-state index is 0. The van der Waals surface area contributed by atoms with Crippen LogP contribution < -0.4 is 11.1 Å². The number of hydrogen-bond acceptors (Lipinski definition) is 4. The summed E-state index contributed by atoms with van der Waals surface area (Å²) in [7, 11) is 0. The van der Waals surface area contributed by atoms with E-state index in [1.54, 1.807) is 6.92 Å². The number of halogens is 4. The topological polar surface area (TPSA) is 68.0 Å². The fourth-order valence-corrected chi connectivity index (χ4v) is 3.61. The van der Waals surface area contributed by atoms with E-state index in [1.807, 2.05) is 13.8 Å². The van der Waals surface area contributed by atoms with Crippen LogP contribution in [0, 0.1) is 6.92 Å². The van der Waals surface area contributed by atoms with Crippen LogP contribution >= 0.6 is 23.7 Å². The first-order chi connectivity index (χ1) is 11.2. The molecule has 3 N–H and O–H groups in total. The second kappa shape index (κ2) is 7.88. The molecule has 2 aromatic rings. The maximum atomic E-state index is 12.8. The summed E-state index contributed by atoms with van der Waals surface area (Å²) in [6, 6.07) is 2.30. The van der Waals surface area contributed by atoms with E-state index in [4.69, 9.17) is 5.73 Å². The van der Waals surface area contributed by atoms with Gasteiger partial charge in [0.2, 0.25) is 0 Å². The van der Waals surface area contributed by atoms with Crippen LogP contribution in [0.15, 0.2) is 12.1 Å². The molecule has 0 aromatic carbocycles. The zero-order valence-corrected chi connectivity index (χ0v) is 15.8. The molecule has 2 rings (SSSR count). The van der Waals surface area contributed by atoms with E-state index in [9.17, 15) is 18.0 Å². The van der Waals surface area contributed by atoms with Crippen LogP contribution in [0.25, 0.3) is 10.2 Å². The molecule has 0 saturated heterocycles. The number of alkyl halides is 3. The number of thiophene rings is 1. The highest BCUT2D eigenvalue weighted by Gasteiger charge is 2.33. The smallest absolute Gasteiger partial charge is 0.345 e. The van der Waals surface area contributed by atoms with Gasteiger partial charge in [0.15, 0.2) is 0 Å². The van der Waals surface area contributed by atoms with Crippen LogP contribution in [0.2, 0.25) is 0 Å². The summed E-state index contributed by atoms with van der Waals surface area (Å²) in [6.45, 7) is 5.88. The molecule has 0 bridgehead atoms. The SMILES string of the molecule is CCC(CC)(CN)NC(=O)c1sc2nc(C(F)(F)F)ccc2c1C.Cl. The van der Waals surface area contributed by atoms with Crippen molar-refractivity contribution < 1.29 is 18.0 Å². The average Bonchev–Trinajstić information content (AvgIpc) is 2.88. The fraction of sp³-hybridized carbons (Fsp3) is 0.500. The second-order valence-electron chi connectivity index (χ2n) is 5.75. The maximum absolute atomic E-state index is 12.8. The van der Waals surface area contributed by atoms with Gasteiger partial charge in [0, 0.05) is 11.9 Å². The Hall–Kier alpha value is -1.38. The number of carbonyl (C=O) groups excluding carboxylic acids is 1. The van der Waals surface area contributed by atoms with Crippen molar-refractivity contribution >= 4 is 39.9 Å². The highest BCUT2D eigenvalue weighted by Crippen LogP contribution is 2.34. The van der Waals surface area contributed by atoms with E-state index in [0.29, 0.717) is 35.2 Å². The zero-order valence-electron chi connectivity index (χ0n) is 14.2. The lowest BCUT2D eigenvalue weighted by Crippen LogP contribution is -2.52. The van der Waals surface area contributed by atoms with E-state index in [-0.39, 0.29) is 23.1 Å². The molecule has 4 nitrogen and oxygen atoms in total. The van der Waals surface area contributed by atoms with Gasteiger partial charge in [-0.15, -0.1) is 23.7 Å². The van der Waals surface area contributed by atoms with E-state index in [1.165, 1.54) is 6.07 Å². The molecule has 0 atom stereocenters. The first kappa shape index (κ1) is 21.7. The third-order valence-electron chi connectivity index (χ3n) is 4.42. The third-order valence-corrected chi connectivity index (χ3v) is 5.62. The van der Waals surface area contributed by atoms with Gasteiger partial charge in [-0.1, -0.05) is 13.8 Å². The van der Waals surface area contributed by atoms with E-state index in [0.717, 1.165) is 17.4 Å². The van der Waals surface area contributed by atoms with Gasteiger partial charge in [0.1, 0.15) is 10.5 Å². The molecule has 0 fully saturated rings. The van der Waals surface area contributed by atoms with Crippen molar-refractivity contribution in [1.82, 2.24) is 10.3 Å². The molecule has 9 heteroatoms. The van der Waals surface area contributed by atoms with Gasteiger partial charge in [-0.2, -0.15) is 13.2 Å². The summed E-state index contributed by atoms with van der Waals surface area (Å²) in [5.41, 5.74) is 4.95. The Kier molecular flexibility index (Phi) is 6.83. The van der Waals surface area contributed by atoms with Gasteiger partial charge in [0.05, 0.1) is 10.4 Å². The Labute approximate surface area is 154 Å². The molecule has 2 aromatic heterocycles. The number of rotatable bonds is 5. The van der Waals surface area contributed by atoms with Crippen molar-refractivity contribution in [2.45, 2.75) is 45.3 Å². The number of hydrogen-bond donors (Lipinski definition) is 2. The van der Waals surface area contributed by atoms with Gasteiger partial charge < -0.3 is 11.1 Å². The lowest BCUT2D eigenvalue weighted by molar-refractivity contribution is -0.140. The molecule has 0 unspecified atom stereocenters. The van der Waals surface area contributed by atoms with Gasteiger partial charge in [0.25, 0.3) is 5.91 Å². The average molecular weight is 396 g/mol. The number of amides is 1. The number of nitrogens with zero attached hydrogens (tertiary/aromatic N) is 1. The summed E-state index contributed by atoms with van der Waals surface area (Å²) in [4.78, 5) is 16.8. The van der Waals surface area contributed by atoms with Gasteiger partial charge in [-0.05, 0) is 37.5 Å². The Morgan fingerprint density at radius 3 is 2.36 bits per heavy atom. The molecule has 0 aliphatic heterocycles. The third kappa shape index (κ3) is 4.24. The quantitative estimate of drug-likeness (QED) is 0.793. The monoisotopic (exact) mass is 395 g/mol. The Morgan fingerprint density at radius 1 is 1.28 bits per heavy atom. The largest absolute Gasteiger partial charge is 0.433 e. The van der Waals surface area contributed by atoms with Gasteiger partial charge >= 0.3 is 6.18 Å². The molecular formula is C16H21ClF3N3OS. The predicted molar refractivity (Wildman–Crippen MR) is 96.4 cm³/mol. The second-order valence-corrected chi connectivity index (χ2v) is 6.75. The minimum atomic E-state index is -4.51. The molecule has 140 valence electrons. The standard InChI is InChI=1S/C16H20F3N3OS.ClH/c1-4-15(5-2,8-20)22-13(23)12-9(3)10-6-7-11(16(17,18)19)21-14(10)24-12;/h6-7H,4-5,8,20H2,1-3H3,(H,22,23);1H. The van der Waals surface area contributed by atoms with Crippen molar-refractivity contribution in [3.63, 3.8) is 0 Å². The molecule has 0 saturated carbocycles. The lowest BCUT2D eigenvalue weighted by Gasteiger charge is -2.31. The van der Waals surface area contributed by atoms with E-state index >= 15 is 0 Å². The normalized spacial score (nSPS) is 12.1. The summed E-state index contributed by atoms with van der Waals surface area (Å²) in [5.74, 6) is -0.321. The first-order valence-corrected chi connectivity index (χ1v) is 8.49. The summed E-state index contributed by atoms with van der Waals surface area (Å²) < 4.78 is 38.4. The van der Waals surface area contributed by atoms with Crippen molar-refractivity contribution in [2.75, 3.05) is 6.54 Å². The summed E-state index contributed by atoms with van der Waals surface area (Å²) in [5, 5.41) is 3.50. The fourth-order valence-electron chi connectivity index (χ4n) is 2.54. The van der Waals surface area contributed by atoms with Crippen molar-refractivity contribution in [3.05, 3.63) is 28.3 Å². The molecule has 0 radical (unpaired) electrons. The Balaban J connectivity index is 0.00000312. The van der Waals surface area contributed by atoms with Crippen LogP contribution in [-0.4, -0.2) is 23.0 Å². The molecule has 0 aliphatic rings. The van der Waals surface area contributed by atoms with Crippen LogP contribution in [0.1, 0.15) is 47.6 Å². The highest BCUT2D eigenvalue weighted by atomic mass is 35.5. The van der Waals surface area contributed by atoms with E-state index in [2.05, 4.69) is 10.3 Å². The zero-order chi connectivity index (χ0) is 18.1. The summed E-state index contributed by atoms with van der Waals surface area (Å²) in [6.07, 6.45) is -3.16. The molecule has 2 heterocycles. The van der Waals surface area contributed by atoms with Gasteiger partial charge in [-0.25, -0.2) is 4.98 Å². The predicted octanol–water partition coefficient (Wildman–Crippen LogP) is 4.29. The number of fused-ring (bicyclic) bond motifs is 1. The number of aromatic nitrogens is 1.